The molecule has 0 radical (unpaired) electrons. The first-order chi connectivity index (χ1) is 7.26. The molecule has 0 fully saturated rings. The molecule has 15 heavy (non-hydrogen) atoms. The molecule has 1 aromatic rings. The fourth-order valence-electron chi connectivity index (χ4n) is 1.35. The minimum absolute atomic E-state index is 0.383. The Balaban J connectivity index is 2.53. The van der Waals surface area contributed by atoms with Gasteiger partial charge in [0.2, 0.25) is 0 Å². The van der Waals surface area contributed by atoms with Crippen LogP contribution >= 0.6 is 0 Å². The van der Waals surface area contributed by atoms with Gasteiger partial charge in [0, 0.05) is 0 Å². The number of aryl methyl sites for hydroxylation is 1. The quantitative estimate of drug-likeness (QED) is 0.735. The maximum absolute atomic E-state index is 8.59. The van der Waals surface area contributed by atoms with E-state index in [9.17, 15) is 0 Å². The van der Waals surface area contributed by atoms with Gasteiger partial charge in [-0.2, -0.15) is 5.26 Å². The summed E-state index contributed by atoms with van der Waals surface area (Å²) in [6.07, 6.45) is 3.16. The topological polar surface area (TPSA) is 33.0 Å². The van der Waals surface area contributed by atoms with Crippen molar-refractivity contribution in [2.75, 3.05) is 0 Å². The third-order valence-electron chi connectivity index (χ3n) is 2.24. The van der Waals surface area contributed by atoms with Gasteiger partial charge in [-0.15, -0.1) is 0 Å². The van der Waals surface area contributed by atoms with Crippen molar-refractivity contribution in [2.24, 2.45) is 0 Å². The summed E-state index contributed by atoms with van der Waals surface area (Å²) in [5.41, 5.74) is 1.33. The van der Waals surface area contributed by atoms with Crippen molar-refractivity contribution in [1.82, 2.24) is 0 Å². The number of hydrogen-bond acceptors (Lipinski definition) is 2. The zero-order valence-corrected chi connectivity index (χ0v) is 9.36. The van der Waals surface area contributed by atoms with Crippen LogP contribution in [0, 0.1) is 11.3 Å². The van der Waals surface area contributed by atoms with Crippen molar-refractivity contribution in [2.45, 2.75) is 39.2 Å². The molecule has 0 saturated heterocycles. The van der Waals surface area contributed by atoms with Gasteiger partial charge in [-0.25, -0.2) is 0 Å². The summed E-state index contributed by atoms with van der Waals surface area (Å²) >= 11 is 0. The summed E-state index contributed by atoms with van der Waals surface area (Å²) in [4.78, 5) is 0. The van der Waals surface area contributed by atoms with Gasteiger partial charge in [0.15, 0.2) is 6.10 Å². The van der Waals surface area contributed by atoms with E-state index in [1.807, 2.05) is 18.2 Å². The molecule has 1 unspecified atom stereocenters. The van der Waals surface area contributed by atoms with Gasteiger partial charge in [0.1, 0.15) is 11.8 Å². The maximum atomic E-state index is 8.59. The highest BCUT2D eigenvalue weighted by molar-refractivity contribution is 5.27. The first kappa shape index (κ1) is 11.6. The van der Waals surface area contributed by atoms with Crippen LogP contribution in [0.3, 0.4) is 0 Å². The second-order valence-electron chi connectivity index (χ2n) is 3.64. The predicted molar refractivity (Wildman–Crippen MR) is 60.8 cm³/mol. The first-order valence-electron chi connectivity index (χ1n) is 5.41. The first-order valence-corrected chi connectivity index (χ1v) is 5.41. The lowest BCUT2D eigenvalue weighted by atomic mass is 10.1. The van der Waals surface area contributed by atoms with E-state index in [-0.39, 0.29) is 6.10 Å². The van der Waals surface area contributed by atoms with Crippen LogP contribution < -0.4 is 4.74 Å². The van der Waals surface area contributed by atoms with Crippen LogP contribution in [0.1, 0.15) is 32.3 Å². The van der Waals surface area contributed by atoms with Gasteiger partial charge in [0.25, 0.3) is 0 Å². The lowest BCUT2D eigenvalue weighted by molar-refractivity contribution is 0.276. The maximum Gasteiger partial charge on any atom is 0.181 e. The minimum Gasteiger partial charge on any atom is -0.476 e. The summed E-state index contributed by atoms with van der Waals surface area (Å²) in [5.74, 6) is 0.768. The highest BCUT2D eigenvalue weighted by atomic mass is 16.5. The van der Waals surface area contributed by atoms with E-state index in [0.29, 0.717) is 0 Å². The molecular formula is C13H17NO. The van der Waals surface area contributed by atoms with Crippen molar-refractivity contribution in [1.29, 1.82) is 5.26 Å². The van der Waals surface area contributed by atoms with Crippen LogP contribution in [0.5, 0.6) is 5.75 Å². The number of nitrogens with zero attached hydrogens (tertiary/aromatic N) is 1. The zero-order valence-electron chi connectivity index (χ0n) is 9.36. The third-order valence-corrected chi connectivity index (χ3v) is 2.24. The Bertz CT molecular complexity index is 323. The van der Waals surface area contributed by atoms with Crippen molar-refractivity contribution < 1.29 is 4.74 Å². The zero-order chi connectivity index (χ0) is 11.1. The van der Waals surface area contributed by atoms with Gasteiger partial charge in [-0.3, -0.25) is 0 Å². The Kier molecular flexibility index (Phi) is 4.70. The molecule has 0 aliphatic rings. The molecule has 2 heteroatoms. The average molecular weight is 203 g/mol. The van der Waals surface area contributed by atoms with Crippen molar-refractivity contribution in [3.63, 3.8) is 0 Å². The lowest BCUT2D eigenvalue weighted by Gasteiger charge is -2.08. The monoisotopic (exact) mass is 203 g/mol. The van der Waals surface area contributed by atoms with Gasteiger partial charge in [-0.1, -0.05) is 25.5 Å². The standard InChI is InChI=1S/C13H17NO/c1-3-4-5-12-6-8-13(9-7-12)15-11(2)10-14/h6-9,11H,3-5H2,1-2H3. The molecule has 1 atom stereocenters. The Morgan fingerprint density at radius 2 is 2.00 bits per heavy atom. The summed E-state index contributed by atoms with van der Waals surface area (Å²) < 4.78 is 5.36. The number of ether oxygens (including phenoxy) is 1. The van der Waals surface area contributed by atoms with Crippen LogP contribution in [0.25, 0.3) is 0 Å². The second-order valence-corrected chi connectivity index (χ2v) is 3.64. The minimum atomic E-state index is -0.383. The smallest absolute Gasteiger partial charge is 0.181 e. The van der Waals surface area contributed by atoms with Gasteiger partial charge >= 0.3 is 0 Å². The molecule has 1 rings (SSSR count). The number of rotatable bonds is 5. The van der Waals surface area contributed by atoms with Crippen molar-refractivity contribution in [3.8, 4) is 11.8 Å². The van der Waals surface area contributed by atoms with Crippen LogP contribution in [-0.4, -0.2) is 6.10 Å². The third kappa shape index (κ3) is 4.03. The second kappa shape index (κ2) is 6.08. The van der Waals surface area contributed by atoms with Gasteiger partial charge < -0.3 is 4.74 Å². The Labute approximate surface area is 91.5 Å². The van der Waals surface area contributed by atoms with E-state index < -0.39 is 0 Å². The number of benzene rings is 1. The van der Waals surface area contributed by atoms with Gasteiger partial charge in [0.05, 0.1) is 0 Å². The van der Waals surface area contributed by atoms with E-state index in [2.05, 4.69) is 19.1 Å². The van der Waals surface area contributed by atoms with Crippen LogP contribution in [-0.2, 0) is 6.42 Å². The molecule has 0 N–H and O–H groups in total. The van der Waals surface area contributed by atoms with Crippen molar-refractivity contribution in [3.05, 3.63) is 29.8 Å². The summed E-state index contributed by atoms with van der Waals surface area (Å²) in [6, 6.07) is 10.0. The average Bonchev–Trinajstić information content (AvgIpc) is 2.28. The number of unbranched alkanes of at least 4 members (excludes halogenated alkanes) is 1. The van der Waals surface area contributed by atoms with E-state index >= 15 is 0 Å². The molecule has 0 heterocycles. The fourth-order valence-corrected chi connectivity index (χ4v) is 1.35. The van der Waals surface area contributed by atoms with Crippen LogP contribution in [0.2, 0.25) is 0 Å². The molecular weight excluding hydrogens is 186 g/mol. The molecule has 0 aliphatic carbocycles. The largest absolute Gasteiger partial charge is 0.476 e. The van der Waals surface area contributed by atoms with E-state index in [0.717, 1.165) is 12.2 Å². The Morgan fingerprint density at radius 3 is 2.53 bits per heavy atom. The predicted octanol–water partition coefficient (Wildman–Crippen LogP) is 3.32. The lowest BCUT2D eigenvalue weighted by Crippen LogP contribution is -2.07. The summed E-state index contributed by atoms with van der Waals surface area (Å²) in [5, 5.41) is 8.59. The molecule has 0 aliphatic heterocycles. The fraction of sp³-hybridized carbons (Fsp3) is 0.462. The van der Waals surface area contributed by atoms with Crippen LogP contribution in [0.15, 0.2) is 24.3 Å². The highest BCUT2D eigenvalue weighted by Crippen LogP contribution is 2.15. The van der Waals surface area contributed by atoms with E-state index in [4.69, 9.17) is 10.00 Å². The number of hydrogen-bond donors (Lipinski definition) is 0. The molecule has 0 saturated carbocycles. The highest BCUT2D eigenvalue weighted by Gasteiger charge is 2.00. The molecule has 0 aromatic heterocycles. The summed E-state index contributed by atoms with van der Waals surface area (Å²) in [6.45, 7) is 3.93. The van der Waals surface area contributed by atoms with E-state index in [1.165, 1.54) is 18.4 Å². The molecule has 1 aromatic carbocycles. The van der Waals surface area contributed by atoms with Gasteiger partial charge in [-0.05, 0) is 37.5 Å². The summed E-state index contributed by atoms with van der Waals surface area (Å²) in [7, 11) is 0. The van der Waals surface area contributed by atoms with Crippen LogP contribution in [0.4, 0.5) is 0 Å². The van der Waals surface area contributed by atoms with Crippen molar-refractivity contribution >= 4 is 0 Å². The SMILES string of the molecule is CCCCc1ccc(OC(C)C#N)cc1. The molecule has 0 amide bonds. The molecule has 0 spiro atoms. The molecule has 80 valence electrons. The normalized spacial score (nSPS) is 11.8. The Morgan fingerprint density at radius 1 is 1.33 bits per heavy atom. The van der Waals surface area contributed by atoms with E-state index in [1.54, 1.807) is 6.92 Å². The number of nitriles is 1. The molecule has 0 bridgehead atoms. The molecule has 2 nitrogen and oxygen atoms in total. The Hall–Kier alpha value is -1.49.